The fourth-order valence-electron chi connectivity index (χ4n) is 4.72. The topological polar surface area (TPSA) is 0 Å². The number of rotatable bonds is 4. The Kier molecular flexibility index (Phi) is 7.05. The molecule has 0 aromatic heterocycles. The molecule has 3 rings (SSSR count). The van der Waals surface area contributed by atoms with Gasteiger partial charge in [-0.25, -0.2) is 0 Å². The van der Waals surface area contributed by atoms with Crippen LogP contribution < -0.4 is 0 Å². The molecule has 0 spiro atoms. The first-order valence-electron chi connectivity index (χ1n) is 9.88. The van der Waals surface area contributed by atoms with Gasteiger partial charge in [0.2, 0.25) is 0 Å². The van der Waals surface area contributed by atoms with E-state index in [0.29, 0.717) is 11.8 Å². The van der Waals surface area contributed by atoms with E-state index >= 15 is 0 Å². The van der Waals surface area contributed by atoms with Gasteiger partial charge in [0, 0.05) is 0 Å². The van der Waals surface area contributed by atoms with Crippen LogP contribution in [0.4, 0.5) is 0 Å². The molecule has 0 fully saturated rings. The molecule has 0 saturated carbocycles. The van der Waals surface area contributed by atoms with Crippen LogP contribution in [-0.2, 0) is 19.1 Å². The summed E-state index contributed by atoms with van der Waals surface area (Å²) in [6, 6.07) is 0. The quantitative estimate of drug-likeness (QED) is 0.302. The molecule has 4 heteroatoms. The van der Waals surface area contributed by atoms with Crippen LogP contribution in [-0.4, -0.2) is 13.6 Å². The van der Waals surface area contributed by atoms with Gasteiger partial charge in [0.1, 0.15) is 0 Å². The van der Waals surface area contributed by atoms with Crippen LogP contribution in [0, 0.1) is 11.8 Å². The predicted octanol–water partition coefficient (Wildman–Crippen LogP) is 7.44. The van der Waals surface area contributed by atoms with E-state index in [2.05, 4.69) is 71.2 Å². The van der Waals surface area contributed by atoms with Gasteiger partial charge >= 0.3 is 182 Å². The van der Waals surface area contributed by atoms with Gasteiger partial charge in [-0.05, 0) is 0 Å². The third-order valence-corrected chi connectivity index (χ3v) is 14.0. The number of hydrogen-bond donors (Lipinski definition) is 0. The minimum atomic E-state index is -2.77. The molecule has 0 N–H and O–H groups in total. The van der Waals surface area contributed by atoms with Crippen LogP contribution in [0.15, 0.2) is 67.1 Å². The summed E-state index contributed by atoms with van der Waals surface area (Å²) in [5.74, 6) is 1.02. The molecule has 0 radical (unpaired) electrons. The molecule has 0 nitrogen and oxygen atoms in total. The summed E-state index contributed by atoms with van der Waals surface area (Å²) in [7, 11) is 13.0. The fraction of sp³-hybridized carbons (Fsp3) is 0.435. The molecule has 0 aromatic carbocycles. The summed E-state index contributed by atoms with van der Waals surface area (Å²) in [5, 5.41) is 1.63. The molecule has 0 aromatic rings. The average molecular weight is 583 g/mol. The molecule has 0 saturated heterocycles. The molecular weight excluding hydrogens is 554 g/mol. The fourth-order valence-corrected chi connectivity index (χ4v) is 13.2. The molecule has 0 aliphatic heterocycles. The molecular formula is C23H29Cl2HfSi. The number of fused-ring (bicyclic) bond motifs is 1. The molecule has 0 heterocycles. The first kappa shape index (κ1) is 21.7. The van der Waals surface area contributed by atoms with Gasteiger partial charge in [-0.15, -0.1) is 0 Å². The van der Waals surface area contributed by atoms with Crippen molar-refractivity contribution in [2.75, 3.05) is 0 Å². The zero-order chi connectivity index (χ0) is 19.9. The Morgan fingerprint density at radius 1 is 1.22 bits per heavy atom. The van der Waals surface area contributed by atoms with Gasteiger partial charge in [0.25, 0.3) is 0 Å². The van der Waals surface area contributed by atoms with Gasteiger partial charge in [-0.3, -0.25) is 0 Å². The summed E-state index contributed by atoms with van der Waals surface area (Å²) in [6.07, 6.45) is 13.6. The van der Waals surface area contributed by atoms with E-state index in [9.17, 15) is 0 Å². The molecule has 3 aliphatic rings. The SMILES string of the molecule is CCC1=[C]([Hf]([Cl])[Cl])C2=CC=CC(=[Si](C)C)C(C(C)C)C2=C1C1=C(C)C=CC1. The van der Waals surface area contributed by atoms with Crippen molar-refractivity contribution in [3.8, 4) is 0 Å². The number of halogens is 2. The normalized spacial score (nSPS) is 22.2. The Balaban J connectivity index is 2.39. The number of hydrogen-bond acceptors (Lipinski definition) is 0. The van der Waals surface area contributed by atoms with Gasteiger partial charge in [-0.1, -0.05) is 0 Å². The van der Waals surface area contributed by atoms with E-state index in [1.165, 1.54) is 36.8 Å². The van der Waals surface area contributed by atoms with Crippen molar-refractivity contribution in [2.24, 2.45) is 11.8 Å². The maximum atomic E-state index is 6.76. The van der Waals surface area contributed by atoms with Crippen LogP contribution in [0.2, 0.25) is 13.1 Å². The third-order valence-electron chi connectivity index (χ3n) is 5.87. The zero-order valence-corrected chi connectivity index (χ0v) is 23.3. The van der Waals surface area contributed by atoms with Crippen molar-refractivity contribution < 1.29 is 19.1 Å². The Morgan fingerprint density at radius 2 is 1.93 bits per heavy atom. The molecule has 143 valence electrons. The third kappa shape index (κ3) is 3.89. The first-order valence-corrected chi connectivity index (χ1v) is 23.1. The van der Waals surface area contributed by atoms with E-state index in [4.69, 9.17) is 17.2 Å². The number of allylic oxidation sites excluding steroid dienone is 12. The molecule has 3 aliphatic carbocycles. The standard InChI is InChI=1S/C23H29Si.2ClH.Hf/c1-7-17-14-18-11-9-13-20(24(5)6)21(15(2)3)23(18)22(17)19-12-8-10-16(19)4;;;/h8-11,13,15,21H,7,12H2,1-6H3;2*1H;/q;;;+2/p-2. The van der Waals surface area contributed by atoms with Crippen molar-refractivity contribution in [1.82, 2.24) is 0 Å². The second-order valence-electron chi connectivity index (χ2n) is 8.14. The first-order chi connectivity index (χ1) is 12.8. The summed E-state index contributed by atoms with van der Waals surface area (Å²) < 4.78 is 1.35. The average Bonchev–Trinajstić information content (AvgIpc) is 3.07. The Bertz CT molecular complexity index is 872. The van der Waals surface area contributed by atoms with Gasteiger partial charge in [0.05, 0.1) is 0 Å². The van der Waals surface area contributed by atoms with Gasteiger partial charge in [0.15, 0.2) is 0 Å². The molecule has 27 heavy (non-hydrogen) atoms. The molecule has 1 atom stereocenters. The van der Waals surface area contributed by atoms with E-state index in [1.54, 1.807) is 5.17 Å². The monoisotopic (exact) mass is 583 g/mol. The Morgan fingerprint density at radius 3 is 2.41 bits per heavy atom. The van der Waals surface area contributed by atoms with Crippen LogP contribution in [0.25, 0.3) is 0 Å². The Hall–Kier alpha value is -0.0230. The minimum absolute atomic E-state index is 0.465. The van der Waals surface area contributed by atoms with Crippen molar-refractivity contribution in [1.29, 1.82) is 0 Å². The second-order valence-corrected chi connectivity index (χ2v) is 22.2. The van der Waals surface area contributed by atoms with E-state index in [-0.39, 0.29) is 0 Å². The van der Waals surface area contributed by atoms with Crippen molar-refractivity contribution >= 4 is 30.7 Å². The van der Waals surface area contributed by atoms with Crippen molar-refractivity contribution in [2.45, 2.75) is 53.6 Å². The van der Waals surface area contributed by atoms with Crippen LogP contribution in [0.5, 0.6) is 0 Å². The molecule has 0 bridgehead atoms. The van der Waals surface area contributed by atoms with Crippen LogP contribution in [0.3, 0.4) is 0 Å². The van der Waals surface area contributed by atoms with Gasteiger partial charge < -0.3 is 0 Å². The van der Waals surface area contributed by atoms with Crippen molar-refractivity contribution in [3.63, 3.8) is 0 Å². The molecule has 1 unspecified atom stereocenters. The Labute approximate surface area is 181 Å². The van der Waals surface area contributed by atoms with Crippen LogP contribution >= 0.6 is 17.2 Å². The van der Waals surface area contributed by atoms with Crippen molar-refractivity contribution in [3.05, 3.63) is 67.1 Å². The van der Waals surface area contributed by atoms with E-state index in [1.807, 2.05) is 0 Å². The van der Waals surface area contributed by atoms with Gasteiger partial charge in [-0.2, -0.15) is 0 Å². The summed E-state index contributed by atoms with van der Waals surface area (Å²) in [5.41, 5.74) is 8.74. The summed E-state index contributed by atoms with van der Waals surface area (Å²) >= 11 is -2.77. The molecule has 0 amide bonds. The second kappa shape index (κ2) is 8.77. The predicted molar refractivity (Wildman–Crippen MR) is 121 cm³/mol. The zero-order valence-electron chi connectivity index (χ0n) is 17.2. The summed E-state index contributed by atoms with van der Waals surface area (Å²) in [6.45, 7) is 14.1. The summed E-state index contributed by atoms with van der Waals surface area (Å²) in [4.78, 5) is 0. The maximum absolute atomic E-state index is 6.76. The van der Waals surface area contributed by atoms with E-state index in [0.717, 1.165) is 12.8 Å². The van der Waals surface area contributed by atoms with Crippen LogP contribution in [0.1, 0.15) is 40.5 Å². The van der Waals surface area contributed by atoms with E-state index < -0.39 is 27.5 Å².